The first-order chi connectivity index (χ1) is 11.1. The van der Waals surface area contributed by atoms with Crippen molar-refractivity contribution in [2.45, 2.75) is 37.6 Å². The smallest absolute Gasteiger partial charge is 0.231 e. The van der Waals surface area contributed by atoms with Crippen molar-refractivity contribution in [1.82, 2.24) is 14.9 Å². The number of rotatable bonds is 3. The van der Waals surface area contributed by atoms with Gasteiger partial charge in [-0.1, -0.05) is 0 Å². The summed E-state index contributed by atoms with van der Waals surface area (Å²) in [6, 6.07) is 1.67. The van der Waals surface area contributed by atoms with Gasteiger partial charge < -0.3 is 19.3 Å². The largest absolute Gasteiger partial charge is 0.481 e. The molecular formula is C16H24N4O3. The maximum atomic E-state index is 11.9. The zero-order chi connectivity index (χ0) is 16.4. The summed E-state index contributed by atoms with van der Waals surface area (Å²) < 4.78 is 10.5. The first-order valence-corrected chi connectivity index (χ1v) is 8.07. The summed E-state index contributed by atoms with van der Waals surface area (Å²) in [6.07, 6.45) is 4.61. The Balaban J connectivity index is 1.79. The highest BCUT2D eigenvalue weighted by Gasteiger charge is 2.43. The second-order valence-electron chi connectivity index (χ2n) is 6.27. The number of carbonyl (C=O) groups is 1. The number of methoxy groups -OCH3 is 2. The molecule has 3 rings (SSSR count). The number of aromatic nitrogens is 2. The normalized spacial score (nSPS) is 24.9. The van der Waals surface area contributed by atoms with E-state index in [1.54, 1.807) is 20.3 Å². The summed E-state index contributed by atoms with van der Waals surface area (Å²) in [7, 11) is 5.11. The zero-order valence-electron chi connectivity index (χ0n) is 14.0. The summed E-state index contributed by atoms with van der Waals surface area (Å²) in [5.41, 5.74) is 0.00872. The van der Waals surface area contributed by atoms with Gasteiger partial charge in [0, 0.05) is 32.1 Å². The molecular weight excluding hydrogens is 296 g/mol. The van der Waals surface area contributed by atoms with E-state index in [-0.39, 0.29) is 11.4 Å². The van der Waals surface area contributed by atoms with Gasteiger partial charge in [0.05, 0.1) is 20.3 Å². The number of carbonyl (C=O) groups excluding carboxylic acids is 1. The first-order valence-electron chi connectivity index (χ1n) is 8.07. The van der Waals surface area contributed by atoms with E-state index >= 15 is 0 Å². The van der Waals surface area contributed by atoms with Gasteiger partial charge in [-0.25, -0.2) is 0 Å². The van der Waals surface area contributed by atoms with E-state index in [2.05, 4.69) is 14.9 Å². The maximum absolute atomic E-state index is 11.9. The molecule has 1 aromatic rings. The molecule has 7 heteroatoms. The van der Waals surface area contributed by atoms with E-state index in [0.717, 1.165) is 38.8 Å². The Morgan fingerprint density at radius 3 is 2.35 bits per heavy atom. The Morgan fingerprint density at radius 1 is 1.09 bits per heavy atom. The van der Waals surface area contributed by atoms with E-state index in [0.29, 0.717) is 24.1 Å². The summed E-state index contributed by atoms with van der Waals surface area (Å²) in [6.45, 7) is 1.70. The van der Waals surface area contributed by atoms with Crippen LogP contribution in [0.5, 0.6) is 11.8 Å². The molecule has 2 aliphatic heterocycles. The minimum Gasteiger partial charge on any atom is -0.481 e. The third kappa shape index (κ3) is 2.92. The van der Waals surface area contributed by atoms with Gasteiger partial charge >= 0.3 is 0 Å². The van der Waals surface area contributed by atoms with Crippen LogP contribution in [-0.2, 0) is 4.79 Å². The second kappa shape index (κ2) is 6.22. The highest BCUT2D eigenvalue weighted by Crippen LogP contribution is 2.38. The lowest BCUT2D eigenvalue weighted by Crippen LogP contribution is -2.43. The number of amides is 1. The summed E-state index contributed by atoms with van der Waals surface area (Å²) in [4.78, 5) is 25.0. The van der Waals surface area contributed by atoms with Crippen LogP contribution in [0.2, 0.25) is 0 Å². The Morgan fingerprint density at radius 2 is 1.78 bits per heavy atom. The fraction of sp³-hybridized carbons (Fsp3) is 0.688. The van der Waals surface area contributed by atoms with Crippen molar-refractivity contribution in [1.29, 1.82) is 0 Å². The molecule has 0 aliphatic carbocycles. The number of hydrogen-bond donors (Lipinski definition) is 0. The van der Waals surface area contributed by atoms with Gasteiger partial charge in [0.25, 0.3) is 0 Å². The molecule has 2 saturated heterocycles. The van der Waals surface area contributed by atoms with Gasteiger partial charge in [-0.2, -0.15) is 9.97 Å². The highest BCUT2D eigenvalue weighted by molar-refractivity contribution is 5.79. The van der Waals surface area contributed by atoms with E-state index in [4.69, 9.17) is 9.47 Å². The van der Waals surface area contributed by atoms with Crippen LogP contribution in [0.25, 0.3) is 0 Å². The zero-order valence-corrected chi connectivity index (χ0v) is 14.0. The summed E-state index contributed by atoms with van der Waals surface area (Å²) >= 11 is 0. The van der Waals surface area contributed by atoms with Crippen LogP contribution in [0.15, 0.2) is 6.07 Å². The average Bonchev–Trinajstić information content (AvgIpc) is 2.77. The van der Waals surface area contributed by atoms with Crippen molar-refractivity contribution in [3.63, 3.8) is 0 Å². The topological polar surface area (TPSA) is 67.8 Å². The van der Waals surface area contributed by atoms with Crippen LogP contribution >= 0.6 is 0 Å². The van der Waals surface area contributed by atoms with Crippen LogP contribution in [0.4, 0.5) is 5.95 Å². The van der Waals surface area contributed by atoms with Crippen molar-refractivity contribution < 1.29 is 14.3 Å². The van der Waals surface area contributed by atoms with Crippen LogP contribution < -0.4 is 14.4 Å². The number of ether oxygens (including phenoxy) is 2. The minimum absolute atomic E-state index is 0.00872. The van der Waals surface area contributed by atoms with Crippen LogP contribution in [0.1, 0.15) is 32.1 Å². The predicted octanol–water partition coefficient (Wildman–Crippen LogP) is 1.48. The number of nitrogens with zero attached hydrogens (tertiary/aromatic N) is 4. The van der Waals surface area contributed by atoms with Crippen molar-refractivity contribution in [3.05, 3.63) is 6.07 Å². The summed E-state index contributed by atoms with van der Waals surface area (Å²) in [5, 5.41) is 0. The molecule has 0 N–H and O–H groups in total. The predicted molar refractivity (Wildman–Crippen MR) is 85.9 cm³/mol. The number of hydrogen-bond acceptors (Lipinski definition) is 6. The van der Waals surface area contributed by atoms with Crippen molar-refractivity contribution in [2.24, 2.45) is 0 Å². The highest BCUT2D eigenvalue weighted by atomic mass is 16.5. The van der Waals surface area contributed by atoms with Gasteiger partial charge in [0.1, 0.15) is 0 Å². The molecule has 126 valence electrons. The molecule has 1 amide bonds. The number of anilines is 1. The van der Waals surface area contributed by atoms with Crippen molar-refractivity contribution in [3.8, 4) is 11.8 Å². The lowest BCUT2D eigenvalue weighted by atomic mass is 9.88. The molecule has 0 bridgehead atoms. The SMILES string of the molecule is COc1cc(OC)nc(N2CCCC3(CCC(=O)N3C)CC2)n1. The van der Waals surface area contributed by atoms with Crippen LogP contribution in [-0.4, -0.2) is 60.7 Å². The standard InChI is InChI=1S/C16H24N4O3/c1-19-14(21)5-7-16(19)6-4-9-20(10-8-16)15-17-12(22-2)11-13(18-15)23-3/h11H,4-10H2,1-3H3. The molecule has 1 atom stereocenters. The quantitative estimate of drug-likeness (QED) is 0.840. The Labute approximate surface area is 136 Å². The molecule has 0 saturated carbocycles. The molecule has 3 heterocycles. The van der Waals surface area contributed by atoms with Gasteiger partial charge in [-0.05, 0) is 25.7 Å². The minimum atomic E-state index is 0.00872. The molecule has 1 spiro atoms. The monoisotopic (exact) mass is 320 g/mol. The second-order valence-corrected chi connectivity index (χ2v) is 6.27. The third-order valence-electron chi connectivity index (χ3n) is 5.18. The van der Waals surface area contributed by atoms with Crippen molar-refractivity contribution >= 4 is 11.9 Å². The molecule has 7 nitrogen and oxygen atoms in total. The fourth-order valence-electron chi connectivity index (χ4n) is 3.65. The Bertz CT molecular complexity index is 572. The Hall–Kier alpha value is -2.05. The first kappa shape index (κ1) is 15.8. The molecule has 1 aromatic heterocycles. The van der Waals surface area contributed by atoms with Crippen LogP contribution in [0.3, 0.4) is 0 Å². The Kier molecular flexibility index (Phi) is 4.28. The van der Waals surface area contributed by atoms with E-state index in [1.807, 2.05) is 11.9 Å². The molecule has 1 unspecified atom stereocenters. The van der Waals surface area contributed by atoms with E-state index < -0.39 is 0 Å². The average molecular weight is 320 g/mol. The van der Waals surface area contributed by atoms with E-state index in [1.165, 1.54) is 0 Å². The fourth-order valence-corrected chi connectivity index (χ4v) is 3.65. The molecule has 0 aromatic carbocycles. The lowest BCUT2D eigenvalue weighted by Gasteiger charge is -2.35. The summed E-state index contributed by atoms with van der Waals surface area (Å²) in [5.74, 6) is 1.89. The molecule has 0 radical (unpaired) electrons. The van der Waals surface area contributed by atoms with Gasteiger partial charge in [-0.15, -0.1) is 0 Å². The third-order valence-corrected chi connectivity index (χ3v) is 5.18. The maximum Gasteiger partial charge on any atom is 0.231 e. The molecule has 23 heavy (non-hydrogen) atoms. The van der Waals surface area contributed by atoms with Gasteiger partial charge in [0.2, 0.25) is 23.6 Å². The number of likely N-dealkylation sites (tertiary alicyclic amines) is 1. The van der Waals surface area contributed by atoms with Gasteiger partial charge in [-0.3, -0.25) is 4.79 Å². The van der Waals surface area contributed by atoms with Gasteiger partial charge in [0.15, 0.2) is 0 Å². The van der Waals surface area contributed by atoms with E-state index in [9.17, 15) is 4.79 Å². The molecule has 2 aliphatic rings. The van der Waals surface area contributed by atoms with Crippen molar-refractivity contribution in [2.75, 3.05) is 39.3 Å². The molecule has 2 fully saturated rings. The lowest BCUT2D eigenvalue weighted by molar-refractivity contribution is -0.129. The van der Waals surface area contributed by atoms with Crippen LogP contribution in [0, 0.1) is 0 Å².